The van der Waals surface area contributed by atoms with E-state index in [0.29, 0.717) is 12.1 Å². The van der Waals surface area contributed by atoms with E-state index in [0.717, 1.165) is 45.6 Å². The van der Waals surface area contributed by atoms with Crippen molar-refractivity contribution in [3.05, 3.63) is 0 Å². The fraction of sp³-hybridized carbons (Fsp3) is 0.933. The molecule has 2 rings (SSSR count). The maximum Gasteiger partial charge on any atom is 0.410 e. The van der Waals surface area contributed by atoms with E-state index in [9.17, 15) is 4.79 Å². The lowest BCUT2D eigenvalue weighted by atomic mass is 10.1. The van der Waals surface area contributed by atoms with Gasteiger partial charge in [0.15, 0.2) is 0 Å². The summed E-state index contributed by atoms with van der Waals surface area (Å²) < 4.78 is 10.9. The molecule has 2 aliphatic heterocycles. The molecule has 0 N–H and O–H groups in total. The maximum absolute atomic E-state index is 12.1. The quantitative estimate of drug-likeness (QED) is 0.779. The lowest BCUT2D eigenvalue weighted by Crippen LogP contribution is -2.45. The summed E-state index contributed by atoms with van der Waals surface area (Å²) in [6.07, 6.45) is 3.05. The maximum atomic E-state index is 12.1. The minimum absolute atomic E-state index is 0.180. The van der Waals surface area contributed by atoms with E-state index in [1.807, 2.05) is 25.7 Å². The van der Waals surface area contributed by atoms with Gasteiger partial charge in [-0.25, -0.2) is 4.79 Å². The Bertz CT molecular complexity index is 335. The van der Waals surface area contributed by atoms with Crippen LogP contribution >= 0.6 is 0 Å². The molecule has 0 aromatic rings. The number of ether oxygens (including phenoxy) is 2. The van der Waals surface area contributed by atoms with Crippen LogP contribution in [0.5, 0.6) is 0 Å². The van der Waals surface area contributed by atoms with Gasteiger partial charge < -0.3 is 14.4 Å². The average Bonchev–Trinajstić information content (AvgIpc) is 2.86. The van der Waals surface area contributed by atoms with Crippen LogP contribution in [0, 0.1) is 0 Å². The van der Waals surface area contributed by atoms with Crippen molar-refractivity contribution in [1.29, 1.82) is 0 Å². The van der Waals surface area contributed by atoms with Gasteiger partial charge in [0.1, 0.15) is 5.60 Å². The van der Waals surface area contributed by atoms with E-state index in [2.05, 4.69) is 11.9 Å². The molecule has 2 fully saturated rings. The molecule has 116 valence electrons. The third kappa shape index (κ3) is 4.09. The van der Waals surface area contributed by atoms with Gasteiger partial charge in [-0.1, -0.05) is 0 Å². The average molecular weight is 284 g/mol. The molecule has 1 atom stereocenters. The number of carbonyl (C=O) groups excluding carboxylic acids is 1. The van der Waals surface area contributed by atoms with Crippen LogP contribution in [0.15, 0.2) is 0 Å². The summed E-state index contributed by atoms with van der Waals surface area (Å²) in [4.78, 5) is 16.3. The van der Waals surface area contributed by atoms with E-state index < -0.39 is 5.60 Å². The molecular formula is C15H28N2O3. The zero-order valence-electron chi connectivity index (χ0n) is 13.2. The van der Waals surface area contributed by atoms with Gasteiger partial charge in [0.05, 0.1) is 0 Å². The molecule has 2 heterocycles. The fourth-order valence-corrected chi connectivity index (χ4v) is 2.96. The topological polar surface area (TPSA) is 42.0 Å². The van der Waals surface area contributed by atoms with Crippen molar-refractivity contribution in [2.75, 3.05) is 33.4 Å². The summed E-state index contributed by atoms with van der Waals surface area (Å²) >= 11 is 0. The molecule has 20 heavy (non-hydrogen) atoms. The van der Waals surface area contributed by atoms with Crippen LogP contribution in [0.2, 0.25) is 0 Å². The van der Waals surface area contributed by atoms with Crippen molar-refractivity contribution in [2.45, 2.75) is 57.7 Å². The van der Waals surface area contributed by atoms with E-state index >= 15 is 0 Å². The van der Waals surface area contributed by atoms with Crippen molar-refractivity contribution in [3.8, 4) is 0 Å². The smallest absolute Gasteiger partial charge is 0.410 e. The van der Waals surface area contributed by atoms with E-state index in [4.69, 9.17) is 9.47 Å². The number of hydrogen-bond acceptors (Lipinski definition) is 4. The second kappa shape index (κ2) is 6.31. The molecule has 0 aromatic carbocycles. The molecule has 0 bridgehead atoms. The first-order valence-corrected chi connectivity index (χ1v) is 7.64. The van der Waals surface area contributed by atoms with Gasteiger partial charge in [-0.2, -0.15) is 0 Å². The number of hydrogen-bond donors (Lipinski definition) is 0. The Balaban J connectivity index is 1.83. The third-order valence-electron chi connectivity index (χ3n) is 4.16. The van der Waals surface area contributed by atoms with Crippen molar-refractivity contribution in [2.24, 2.45) is 0 Å². The van der Waals surface area contributed by atoms with E-state index in [1.165, 1.54) is 0 Å². The Hall–Kier alpha value is -0.810. The first-order chi connectivity index (χ1) is 9.37. The highest BCUT2D eigenvalue weighted by Gasteiger charge is 2.34. The summed E-state index contributed by atoms with van der Waals surface area (Å²) in [5, 5.41) is 0. The van der Waals surface area contributed by atoms with Crippen LogP contribution in [0.3, 0.4) is 0 Å². The van der Waals surface area contributed by atoms with Crippen molar-refractivity contribution < 1.29 is 14.3 Å². The van der Waals surface area contributed by atoms with Crippen LogP contribution < -0.4 is 0 Å². The van der Waals surface area contributed by atoms with Gasteiger partial charge in [-0.3, -0.25) is 4.90 Å². The van der Waals surface area contributed by atoms with Gasteiger partial charge in [0.2, 0.25) is 0 Å². The summed E-state index contributed by atoms with van der Waals surface area (Å²) in [7, 11) is 2.18. The summed E-state index contributed by atoms with van der Waals surface area (Å²) in [6.45, 7) is 9.02. The Morgan fingerprint density at radius 1 is 1.20 bits per heavy atom. The first kappa shape index (κ1) is 15.6. The van der Waals surface area contributed by atoms with Gasteiger partial charge in [0.25, 0.3) is 0 Å². The van der Waals surface area contributed by atoms with Gasteiger partial charge in [-0.05, 0) is 47.1 Å². The highest BCUT2D eigenvalue weighted by molar-refractivity contribution is 5.68. The highest BCUT2D eigenvalue weighted by Crippen LogP contribution is 2.22. The second-order valence-electron chi connectivity index (χ2n) is 6.88. The van der Waals surface area contributed by atoms with Crippen molar-refractivity contribution >= 4 is 6.09 Å². The van der Waals surface area contributed by atoms with Crippen LogP contribution in [-0.4, -0.2) is 66.9 Å². The molecule has 0 aliphatic carbocycles. The normalized spacial score (nSPS) is 25.2. The van der Waals surface area contributed by atoms with Crippen LogP contribution in [0.1, 0.15) is 40.0 Å². The summed E-state index contributed by atoms with van der Waals surface area (Å²) in [5.74, 6) is 0. The van der Waals surface area contributed by atoms with E-state index in [-0.39, 0.29) is 6.09 Å². The predicted octanol–water partition coefficient (Wildman–Crippen LogP) is 2.11. The minimum Gasteiger partial charge on any atom is -0.444 e. The number of amides is 1. The molecule has 5 heteroatoms. The van der Waals surface area contributed by atoms with Gasteiger partial charge in [-0.15, -0.1) is 0 Å². The molecule has 0 spiro atoms. The van der Waals surface area contributed by atoms with Crippen LogP contribution in [0.25, 0.3) is 0 Å². The molecule has 0 radical (unpaired) electrons. The molecule has 5 nitrogen and oxygen atoms in total. The number of likely N-dealkylation sites (tertiary alicyclic amines) is 1. The van der Waals surface area contributed by atoms with Crippen LogP contribution in [-0.2, 0) is 9.47 Å². The zero-order chi connectivity index (χ0) is 14.8. The molecule has 0 aromatic heterocycles. The van der Waals surface area contributed by atoms with Crippen LogP contribution in [0.4, 0.5) is 4.79 Å². The molecule has 1 amide bonds. The van der Waals surface area contributed by atoms with Gasteiger partial charge >= 0.3 is 6.09 Å². The summed E-state index contributed by atoms with van der Waals surface area (Å²) in [5.41, 5.74) is -0.415. The predicted molar refractivity (Wildman–Crippen MR) is 77.8 cm³/mol. The first-order valence-electron chi connectivity index (χ1n) is 7.64. The lowest BCUT2D eigenvalue weighted by Gasteiger charge is -2.35. The third-order valence-corrected chi connectivity index (χ3v) is 4.16. The summed E-state index contributed by atoms with van der Waals surface area (Å²) in [6, 6.07) is 1.04. The largest absolute Gasteiger partial charge is 0.444 e. The molecular weight excluding hydrogens is 256 g/mol. The fourth-order valence-electron chi connectivity index (χ4n) is 2.96. The van der Waals surface area contributed by atoms with Crippen molar-refractivity contribution in [3.63, 3.8) is 0 Å². The Kier molecular flexibility index (Phi) is 4.91. The minimum atomic E-state index is -0.415. The standard InChI is InChI=1S/C15H28N2O3/c1-15(2,3)20-14(18)17-8-5-13(11-17)16(4)12-6-9-19-10-7-12/h12-13H,5-11H2,1-4H3/t13-/m1/s1. The monoisotopic (exact) mass is 284 g/mol. The van der Waals surface area contributed by atoms with Gasteiger partial charge in [0, 0.05) is 38.4 Å². The number of carbonyl (C=O) groups is 1. The number of nitrogens with zero attached hydrogens (tertiary/aromatic N) is 2. The lowest BCUT2D eigenvalue weighted by molar-refractivity contribution is 0.0204. The zero-order valence-corrected chi connectivity index (χ0v) is 13.2. The second-order valence-corrected chi connectivity index (χ2v) is 6.88. The Morgan fingerprint density at radius 3 is 2.45 bits per heavy atom. The Morgan fingerprint density at radius 2 is 1.85 bits per heavy atom. The molecule has 2 aliphatic rings. The molecule has 0 saturated carbocycles. The number of likely N-dealkylation sites (N-methyl/N-ethyl adjacent to an activating group) is 1. The Labute approximate surface area is 122 Å². The number of rotatable bonds is 2. The van der Waals surface area contributed by atoms with E-state index in [1.54, 1.807) is 0 Å². The molecule has 0 unspecified atom stereocenters. The highest BCUT2D eigenvalue weighted by atomic mass is 16.6. The van der Waals surface area contributed by atoms with Crippen molar-refractivity contribution in [1.82, 2.24) is 9.80 Å². The SMILES string of the molecule is CN(C1CCOCC1)[C@@H]1CCN(C(=O)OC(C)(C)C)C1. The molecule has 2 saturated heterocycles.